The number of methoxy groups -OCH3 is 2. The Morgan fingerprint density at radius 3 is 2.70 bits per heavy atom. The summed E-state index contributed by atoms with van der Waals surface area (Å²) in [5.74, 6) is -2.90. The molecule has 1 atom stereocenters. The molecule has 0 amide bonds. The Kier molecular flexibility index (Phi) is 5.61. The third-order valence-corrected chi connectivity index (χ3v) is 2.73. The molecule has 1 aliphatic rings. The van der Waals surface area contributed by atoms with Gasteiger partial charge in [-0.05, 0) is 24.6 Å². The molecule has 1 rings (SSSR count). The van der Waals surface area contributed by atoms with E-state index in [9.17, 15) is 9.59 Å². The molecule has 0 aromatic heterocycles. The lowest BCUT2D eigenvalue weighted by molar-refractivity contribution is -0.189. The van der Waals surface area contributed by atoms with Crippen molar-refractivity contribution in [2.24, 2.45) is 0 Å². The molecule has 5 heteroatoms. The Balaban J connectivity index is 3.05. The highest BCUT2D eigenvalue weighted by Crippen LogP contribution is 2.28. The maximum absolute atomic E-state index is 12.4. The lowest BCUT2D eigenvalue weighted by atomic mass is 9.93. The highest BCUT2D eigenvalue weighted by Gasteiger charge is 2.44. The maximum Gasteiger partial charge on any atom is 0.341 e. The molecule has 0 radical (unpaired) electrons. The molecule has 0 aliphatic heterocycles. The number of esters is 1. The van der Waals surface area contributed by atoms with E-state index in [4.69, 9.17) is 9.47 Å². The molecule has 0 heterocycles. The second-order valence-corrected chi connectivity index (χ2v) is 4.11. The molecule has 108 valence electrons. The normalized spacial score (nSPS) is 22.4. The van der Waals surface area contributed by atoms with E-state index in [0.29, 0.717) is 5.57 Å². The molecule has 0 spiro atoms. The van der Waals surface area contributed by atoms with E-state index in [1.165, 1.54) is 26.4 Å². The monoisotopic (exact) mass is 278 g/mol. The summed E-state index contributed by atoms with van der Waals surface area (Å²) >= 11 is 0. The maximum atomic E-state index is 12.4. The van der Waals surface area contributed by atoms with Crippen LogP contribution in [0, 0.1) is 0 Å². The van der Waals surface area contributed by atoms with Gasteiger partial charge in [0.2, 0.25) is 5.78 Å². The van der Waals surface area contributed by atoms with Crippen molar-refractivity contribution in [1.29, 1.82) is 0 Å². The highest BCUT2D eigenvalue weighted by molar-refractivity contribution is 6.21. The fourth-order valence-corrected chi connectivity index (χ4v) is 1.79. The van der Waals surface area contributed by atoms with Crippen molar-refractivity contribution in [3.8, 4) is 0 Å². The van der Waals surface area contributed by atoms with Crippen LogP contribution in [-0.2, 0) is 23.8 Å². The summed E-state index contributed by atoms with van der Waals surface area (Å²) in [6.07, 6.45) is 7.94. The lowest BCUT2D eigenvalue weighted by Gasteiger charge is -2.30. The van der Waals surface area contributed by atoms with Gasteiger partial charge in [-0.1, -0.05) is 24.8 Å². The van der Waals surface area contributed by atoms with E-state index < -0.39 is 17.5 Å². The first-order valence-corrected chi connectivity index (χ1v) is 6.01. The van der Waals surface area contributed by atoms with Gasteiger partial charge in [0.25, 0.3) is 5.79 Å². The lowest BCUT2D eigenvalue weighted by Crippen LogP contribution is -2.46. The number of hydrogen-bond acceptors (Lipinski definition) is 5. The Bertz CT molecular complexity index is 498. The molecule has 0 aromatic carbocycles. The molecule has 1 aliphatic carbocycles. The minimum Gasteiger partial charge on any atom is -0.465 e. The van der Waals surface area contributed by atoms with Crippen LogP contribution in [0.15, 0.2) is 48.1 Å². The van der Waals surface area contributed by atoms with Crippen LogP contribution in [-0.4, -0.2) is 38.4 Å². The van der Waals surface area contributed by atoms with Gasteiger partial charge in [0.15, 0.2) is 0 Å². The molecule has 0 fully saturated rings. The summed E-state index contributed by atoms with van der Waals surface area (Å²) in [6, 6.07) is 0. The first kappa shape index (κ1) is 16.1. The van der Waals surface area contributed by atoms with Gasteiger partial charge >= 0.3 is 5.97 Å². The zero-order chi connectivity index (χ0) is 15.2. The van der Waals surface area contributed by atoms with Crippen LogP contribution in [0.3, 0.4) is 0 Å². The summed E-state index contributed by atoms with van der Waals surface area (Å²) in [6.45, 7) is 5.42. The Labute approximate surface area is 118 Å². The fourth-order valence-electron chi connectivity index (χ4n) is 1.79. The molecule has 5 nitrogen and oxygen atoms in total. The number of carbonyl (C=O) groups is 2. The predicted molar refractivity (Wildman–Crippen MR) is 73.9 cm³/mol. The molecule has 0 bridgehead atoms. The fraction of sp³-hybridized carbons (Fsp3) is 0.333. The molecule has 20 heavy (non-hydrogen) atoms. The number of hydrogen-bond donors (Lipinski definition) is 0. The van der Waals surface area contributed by atoms with Crippen LogP contribution < -0.4 is 0 Å². The van der Waals surface area contributed by atoms with E-state index in [2.05, 4.69) is 11.3 Å². The Morgan fingerprint density at radius 1 is 1.45 bits per heavy atom. The number of ether oxygens (including phenoxy) is 3. The van der Waals surface area contributed by atoms with Gasteiger partial charge in [0.1, 0.15) is 5.57 Å². The predicted octanol–water partition coefficient (Wildman–Crippen LogP) is 1.72. The van der Waals surface area contributed by atoms with E-state index in [-0.39, 0.29) is 12.2 Å². The van der Waals surface area contributed by atoms with Gasteiger partial charge in [-0.15, -0.1) is 0 Å². The van der Waals surface area contributed by atoms with Crippen LogP contribution in [0.2, 0.25) is 0 Å². The first-order chi connectivity index (χ1) is 9.50. The molecule has 0 saturated carbocycles. The summed E-state index contributed by atoms with van der Waals surface area (Å²) < 4.78 is 15.3. The summed E-state index contributed by atoms with van der Waals surface area (Å²) in [4.78, 5) is 24.0. The zero-order valence-corrected chi connectivity index (χ0v) is 11.8. The molecular formula is C15H18O5. The first-order valence-electron chi connectivity index (χ1n) is 6.01. The third-order valence-electron chi connectivity index (χ3n) is 2.73. The average molecular weight is 278 g/mol. The zero-order valence-electron chi connectivity index (χ0n) is 11.8. The van der Waals surface area contributed by atoms with Crippen LogP contribution in [0.1, 0.15) is 6.92 Å². The van der Waals surface area contributed by atoms with Crippen molar-refractivity contribution in [3.63, 3.8) is 0 Å². The standard InChI is InChI=1S/C15H18O5/c1-5-6-7-8-20-15(19-4)10-11(2)9-12(13(15)16)14(17)18-3/h5-7,9-10H,1,8H2,2-4H3/b7-6+. The third kappa shape index (κ3) is 3.31. The Hall–Kier alpha value is -1.98. The number of ketones is 1. The summed E-state index contributed by atoms with van der Waals surface area (Å²) in [5.41, 5.74) is 0.585. The SMILES string of the molecule is C=C/C=C/COC1(OC)C=C(C)C=C(C(=O)OC)C1=O. The van der Waals surface area contributed by atoms with Crippen molar-refractivity contribution in [3.05, 3.63) is 48.1 Å². The van der Waals surface area contributed by atoms with Gasteiger partial charge in [0.05, 0.1) is 13.7 Å². The van der Waals surface area contributed by atoms with E-state index in [1.54, 1.807) is 25.2 Å². The second-order valence-electron chi connectivity index (χ2n) is 4.11. The number of rotatable bonds is 6. The van der Waals surface area contributed by atoms with Gasteiger partial charge in [0, 0.05) is 7.11 Å². The van der Waals surface area contributed by atoms with Gasteiger partial charge in [-0.2, -0.15) is 0 Å². The van der Waals surface area contributed by atoms with Crippen LogP contribution in [0.25, 0.3) is 0 Å². The van der Waals surface area contributed by atoms with Crippen LogP contribution >= 0.6 is 0 Å². The van der Waals surface area contributed by atoms with E-state index >= 15 is 0 Å². The van der Waals surface area contributed by atoms with Crippen molar-refractivity contribution in [2.75, 3.05) is 20.8 Å². The number of Topliss-reactive ketones (excluding diaryl/α,β-unsaturated/α-hetero) is 1. The number of allylic oxidation sites excluding steroid dienone is 4. The summed E-state index contributed by atoms with van der Waals surface area (Å²) in [5, 5.41) is 0. The van der Waals surface area contributed by atoms with Gasteiger partial charge in [-0.3, -0.25) is 4.79 Å². The highest BCUT2D eigenvalue weighted by atomic mass is 16.7. The smallest absolute Gasteiger partial charge is 0.341 e. The molecule has 0 saturated heterocycles. The second kappa shape index (κ2) is 6.98. The quantitative estimate of drug-likeness (QED) is 0.320. The van der Waals surface area contributed by atoms with Crippen LogP contribution in [0.4, 0.5) is 0 Å². The van der Waals surface area contributed by atoms with Gasteiger partial charge in [-0.25, -0.2) is 4.79 Å². The molecule has 0 N–H and O–H groups in total. The molecular weight excluding hydrogens is 260 g/mol. The van der Waals surface area contributed by atoms with Crippen molar-refractivity contribution >= 4 is 11.8 Å². The van der Waals surface area contributed by atoms with Crippen LogP contribution in [0.5, 0.6) is 0 Å². The average Bonchev–Trinajstić information content (AvgIpc) is 2.45. The van der Waals surface area contributed by atoms with Crippen molar-refractivity contribution < 1.29 is 23.8 Å². The van der Waals surface area contributed by atoms with Crippen molar-refractivity contribution in [2.45, 2.75) is 12.7 Å². The topological polar surface area (TPSA) is 61.8 Å². The molecule has 0 aromatic rings. The Morgan fingerprint density at radius 2 is 2.15 bits per heavy atom. The van der Waals surface area contributed by atoms with Gasteiger partial charge < -0.3 is 14.2 Å². The van der Waals surface area contributed by atoms with Crippen molar-refractivity contribution in [1.82, 2.24) is 0 Å². The minimum atomic E-state index is -1.60. The van der Waals surface area contributed by atoms with E-state index in [1.807, 2.05) is 0 Å². The van der Waals surface area contributed by atoms with E-state index in [0.717, 1.165) is 0 Å². The molecule has 1 unspecified atom stereocenters. The number of carbonyl (C=O) groups excluding carboxylic acids is 2. The summed E-state index contributed by atoms with van der Waals surface area (Å²) in [7, 11) is 2.56. The minimum absolute atomic E-state index is 0.0953. The largest absolute Gasteiger partial charge is 0.465 e.